The van der Waals surface area contributed by atoms with E-state index in [4.69, 9.17) is 4.74 Å². The second-order valence-electron chi connectivity index (χ2n) is 4.95. The number of carbonyl (C=O) groups is 1. The normalized spacial score (nSPS) is 12.8. The third-order valence-corrected chi connectivity index (χ3v) is 3.58. The molecule has 6 heteroatoms. The summed E-state index contributed by atoms with van der Waals surface area (Å²) < 4.78 is 6.76. The highest BCUT2D eigenvalue weighted by molar-refractivity contribution is 9.10. The summed E-state index contributed by atoms with van der Waals surface area (Å²) >= 11 is 3.53. The Morgan fingerprint density at radius 3 is 2.95 bits per heavy atom. The van der Waals surface area contributed by atoms with Crippen LogP contribution in [0.2, 0.25) is 0 Å². The third-order valence-electron chi connectivity index (χ3n) is 3.12. The lowest BCUT2D eigenvalue weighted by atomic mass is 10.1. The third kappa shape index (κ3) is 3.86. The summed E-state index contributed by atoms with van der Waals surface area (Å²) in [5.41, 5.74) is 2.42. The molecule has 0 saturated carbocycles. The lowest BCUT2D eigenvalue weighted by Gasteiger charge is -2.13. The fourth-order valence-corrected chi connectivity index (χ4v) is 2.67. The van der Waals surface area contributed by atoms with Gasteiger partial charge in [0.15, 0.2) is 0 Å². The zero-order valence-electron chi connectivity index (χ0n) is 11.8. The van der Waals surface area contributed by atoms with E-state index in [1.54, 1.807) is 14.1 Å². The van der Waals surface area contributed by atoms with Crippen molar-refractivity contribution in [2.24, 2.45) is 0 Å². The molecule has 0 fully saturated rings. The first-order valence-electron chi connectivity index (χ1n) is 6.68. The molecule has 1 aromatic carbocycles. The van der Waals surface area contributed by atoms with Crippen LogP contribution in [0, 0.1) is 0 Å². The number of carbonyl (C=O) groups excluding carboxylic acids is 1. The Hall–Kier alpha value is -1.27. The van der Waals surface area contributed by atoms with Gasteiger partial charge < -0.3 is 20.3 Å². The molecular formula is C14H20BrN3O2. The highest BCUT2D eigenvalue weighted by atomic mass is 79.9. The maximum atomic E-state index is 11.3. The number of amides is 2. The van der Waals surface area contributed by atoms with Crippen molar-refractivity contribution in [3.05, 3.63) is 27.7 Å². The van der Waals surface area contributed by atoms with Gasteiger partial charge in [0, 0.05) is 50.2 Å². The van der Waals surface area contributed by atoms with Crippen LogP contribution >= 0.6 is 15.9 Å². The van der Waals surface area contributed by atoms with Gasteiger partial charge in [-0.2, -0.15) is 0 Å². The summed E-state index contributed by atoms with van der Waals surface area (Å²) in [7, 11) is 3.45. The van der Waals surface area contributed by atoms with E-state index >= 15 is 0 Å². The van der Waals surface area contributed by atoms with Crippen molar-refractivity contribution in [2.75, 3.05) is 33.8 Å². The molecule has 2 N–H and O–H groups in total. The fourth-order valence-electron chi connectivity index (χ4n) is 2.12. The van der Waals surface area contributed by atoms with Crippen molar-refractivity contribution in [2.45, 2.75) is 13.0 Å². The van der Waals surface area contributed by atoms with Crippen molar-refractivity contribution in [3.63, 3.8) is 0 Å². The van der Waals surface area contributed by atoms with Gasteiger partial charge in [-0.15, -0.1) is 0 Å². The van der Waals surface area contributed by atoms with Crippen LogP contribution in [-0.4, -0.2) is 44.7 Å². The zero-order valence-corrected chi connectivity index (χ0v) is 13.4. The summed E-state index contributed by atoms with van der Waals surface area (Å²) in [5.74, 6) is 1.01. The van der Waals surface area contributed by atoms with Gasteiger partial charge in [0.05, 0.1) is 6.61 Å². The van der Waals surface area contributed by atoms with E-state index in [1.807, 2.05) is 0 Å². The van der Waals surface area contributed by atoms with Crippen LogP contribution in [0.15, 0.2) is 16.6 Å². The SMILES string of the molecule is CN(C)C(=O)NCCNCc1cc(Br)cc2c1OCC2. The molecule has 1 aromatic rings. The quantitative estimate of drug-likeness (QED) is 0.802. The smallest absolute Gasteiger partial charge is 0.316 e. The molecule has 0 unspecified atom stereocenters. The van der Waals surface area contributed by atoms with Crippen LogP contribution in [0.1, 0.15) is 11.1 Å². The van der Waals surface area contributed by atoms with Gasteiger partial charge >= 0.3 is 6.03 Å². The molecule has 1 heterocycles. The number of nitrogens with one attached hydrogen (secondary N) is 2. The monoisotopic (exact) mass is 341 g/mol. The number of hydrogen-bond acceptors (Lipinski definition) is 3. The van der Waals surface area contributed by atoms with E-state index in [0.29, 0.717) is 6.54 Å². The van der Waals surface area contributed by atoms with Crippen LogP contribution in [0.25, 0.3) is 0 Å². The van der Waals surface area contributed by atoms with E-state index in [0.717, 1.165) is 41.9 Å². The van der Waals surface area contributed by atoms with Crippen molar-refractivity contribution in [1.82, 2.24) is 15.5 Å². The zero-order chi connectivity index (χ0) is 14.5. The van der Waals surface area contributed by atoms with Crippen molar-refractivity contribution in [1.29, 1.82) is 0 Å². The first kappa shape index (κ1) is 15.1. The topological polar surface area (TPSA) is 53.6 Å². The van der Waals surface area contributed by atoms with Crippen LogP contribution in [0.3, 0.4) is 0 Å². The number of fused-ring (bicyclic) bond motifs is 1. The number of ether oxygens (including phenoxy) is 1. The van der Waals surface area contributed by atoms with E-state index < -0.39 is 0 Å². The molecule has 1 aliphatic rings. The minimum Gasteiger partial charge on any atom is -0.493 e. The predicted octanol–water partition coefficient (Wildman–Crippen LogP) is 1.74. The largest absolute Gasteiger partial charge is 0.493 e. The molecule has 1 aliphatic heterocycles. The summed E-state index contributed by atoms with van der Waals surface area (Å²) in [6.45, 7) is 2.83. The second-order valence-corrected chi connectivity index (χ2v) is 5.87. The molecule has 0 aromatic heterocycles. The molecular weight excluding hydrogens is 322 g/mol. The highest BCUT2D eigenvalue weighted by Gasteiger charge is 2.16. The van der Waals surface area contributed by atoms with E-state index in [9.17, 15) is 4.79 Å². The Bertz CT molecular complexity index is 492. The van der Waals surface area contributed by atoms with Crippen LogP contribution in [0.4, 0.5) is 4.79 Å². The molecule has 2 rings (SSSR count). The first-order chi connectivity index (χ1) is 9.58. The van der Waals surface area contributed by atoms with E-state index in [2.05, 4.69) is 38.7 Å². The van der Waals surface area contributed by atoms with Gasteiger partial charge in [0.2, 0.25) is 0 Å². The molecule has 0 radical (unpaired) electrons. The molecule has 0 atom stereocenters. The second kappa shape index (κ2) is 6.95. The summed E-state index contributed by atoms with van der Waals surface area (Å²) in [5, 5.41) is 6.13. The standard InChI is InChI=1S/C14H20BrN3O2/c1-18(2)14(19)17-5-4-16-9-11-8-12(15)7-10-3-6-20-13(10)11/h7-8,16H,3-6,9H2,1-2H3,(H,17,19). The molecule has 110 valence electrons. The lowest BCUT2D eigenvalue weighted by Crippen LogP contribution is -2.38. The molecule has 0 saturated heterocycles. The predicted molar refractivity (Wildman–Crippen MR) is 82.1 cm³/mol. The number of hydrogen-bond donors (Lipinski definition) is 2. The summed E-state index contributed by atoms with van der Waals surface area (Å²) in [6.07, 6.45) is 0.973. The highest BCUT2D eigenvalue weighted by Crippen LogP contribution is 2.32. The van der Waals surface area contributed by atoms with Gasteiger partial charge in [-0.1, -0.05) is 15.9 Å². The molecule has 5 nitrogen and oxygen atoms in total. The van der Waals surface area contributed by atoms with E-state index in [-0.39, 0.29) is 6.03 Å². The molecule has 0 bridgehead atoms. The van der Waals surface area contributed by atoms with Crippen LogP contribution in [-0.2, 0) is 13.0 Å². The minimum absolute atomic E-state index is 0.0709. The molecule has 0 spiro atoms. The lowest BCUT2D eigenvalue weighted by molar-refractivity contribution is 0.217. The van der Waals surface area contributed by atoms with Crippen LogP contribution in [0.5, 0.6) is 5.75 Å². The molecule has 0 aliphatic carbocycles. The number of benzene rings is 1. The Morgan fingerprint density at radius 1 is 1.40 bits per heavy atom. The van der Waals surface area contributed by atoms with Gasteiger partial charge in [-0.25, -0.2) is 4.79 Å². The Kier molecular flexibility index (Phi) is 5.25. The van der Waals surface area contributed by atoms with Crippen molar-refractivity contribution >= 4 is 22.0 Å². The maximum Gasteiger partial charge on any atom is 0.316 e. The van der Waals surface area contributed by atoms with Crippen molar-refractivity contribution < 1.29 is 9.53 Å². The van der Waals surface area contributed by atoms with Gasteiger partial charge in [-0.05, 0) is 17.7 Å². The fraction of sp³-hybridized carbons (Fsp3) is 0.500. The number of nitrogens with zero attached hydrogens (tertiary/aromatic N) is 1. The molecule has 2 amide bonds. The van der Waals surface area contributed by atoms with Gasteiger partial charge in [0.1, 0.15) is 5.75 Å². The van der Waals surface area contributed by atoms with Gasteiger partial charge in [0.25, 0.3) is 0 Å². The summed E-state index contributed by atoms with van der Waals surface area (Å²) in [4.78, 5) is 12.9. The van der Waals surface area contributed by atoms with Gasteiger partial charge in [-0.3, -0.25) is 0 Å². The molecule has 20 heavy (non-hydrogen) atoms. The number of halogens is 1. The van der Waals surface area contributed by atoms with Crippen molar-refractivity contribution in [3.8, 4) is 5.75 Å². The first-order valence-corrected chi connectivity index (χ1v) is 7.47. The average Bonchev–Trinajstić information content (AvgIpc) is 2.85. The maximum absolute atomic E-state index is 11.3. The number of rotatable bonds is 5. The average molecular weight is 342 g/mol. The Morgan fingerprint density at radius 2 is 2.20 bits per heavy atom. The summed E-state index contributed by atoms with van der Waals surface area (Å²) in [6, 6.07) is 4.12. The number of urea groups is 1. The van der Waals surface area contributed by atoms with E-state index in [1.165, 1.54) is 10.5 Å². The Balaban J connectivity index is 1.79. The Labute approximate surface area is 127 Å². The van der Waals surface area contributed by atoms with Crippen LogP contribution < -0.4 is 15.4 Å². The minimum atomic E-state index is -0.0709.